The Morgan fingerprint density at radius 1 is 0.509 bits per heavy atom. The minimum atomic E-state index is -4.74. The highest BCUT2D eigenvalue weighted by atomic mass is 32.2. The first-order valence-electron chi connectivity index (χ1n) is 22.1. The normalized spacial score (nSPS) is 11.2. The Bertz CT molecular complexity index is 1230. The molecular formula is C47H75F3O5S2. The molecule has 0 amide bonds. The lowest BCUT2D eigenvalue weighted by Gasteiger charge is -2.08. The predicted octanol–water partition coefficient (Wildman–Crippen LogP) is 14.5. The quantitative estimate of drug-likeness (QED) is 0.0685. The van der Waals surface area contributed by atoms with Gasteiger partial charge < -0.3 is 14.6 Å². The number of halogens is 3. The molecule has 2 aromatic carbocycles. The molecule has 0 bridgehead atoms. The molecule has 0 saturated carbocycles. The average molecular weight is 841 g/mol. The molecular weight excluding hydrogens is 766 g/mol. The van der Waals surface area contributed by atoms with Crippen molar-refractivity contribution < 1.29 is 37.3 Å². The number of thioether (sulfide) groups is 2. The van der Waals surface area contributed by atoms with Gasteiger partial charge in [-0.25, -0.2) is 0 Å². The number of unbranched alkanes of at least 4 members (excludes halogenated alkanes) is 18. The standard InChI is InChI=1S/C24H37F3O2S.C23H38O3S/c1-2-3-4-5-6-7-8-9-10-11-19-30-20-18-29-22-15-12-21(13-16-22)14-17-23(28)24(25,26)27;1-2-3-4-5-6-7-8-9-10-11-19-27-20-18-26-22-15-12-21(13-16-22)14-17-23(24)25/h12-13,15-16H,2-11,14,17-20H2,1H3;12-13,15-16H,2-11,14,17-20H2,1H3,(H,24,25). The number of carboxylic acids is 1. The van der Waals surface area contributed by atoms with E-state index >= 15 is 0 Å². The lowest BCUT2D eigenvalue weighted by molar-refractivity contribution is -0.171. The second-order valence-corrected chi connectivity index (χ2v) is 17.3. The Hall–Kier alpha value is -2.33. The molecule has 326 valence electrons. The number of ether oxygens (including phenoxy) is 2. The summed E-state index contributed by atoms with van der Waals surface area (Å²) in [5.74, 6) is 3.49. The van der Waals surface area contributed by atoms with Crippen molar-refractivity contribution >= 4 is 35.3 Å². The Labute approximate surface area is 352 Å². The van der Waals surface area contributed by atoms with Gasteiger partial charge in [-0.1, -0.05) is 154 Å². The van der Waals surface area contributed by atoms with Gasteiger partial charge in [-0.2, -0.15) is 36.7 Å². The van der Waals surface area contributed by atoms with E-state index in [1.54, 1.807) is 24.3 Å². The molecule has 0 aliphatic heterocycles. The highest BCUT2D eigenvalue weighted by Gasteiger charge is 2.37. The molecule has 57 heavy (non-hydrogen) atoms. The minimum Gasteiger partial charge on any atom is -0.493 e. The third kappa shape index (κ3) is 33.2. The number of carbonyl (C=O) groups is 2. The molecule has 0 saturated heterocycles. The van der Waals surface area contributed by atoms with E-state index in [0.717, 1.165) is 35.2 Å². The van der Waals surface area contributed by atoms with E-state index in [1.807, 2.05) is 47.8 Å². The lowest BCUT2D eigenvalue weighted by Crippen LogP contribution is -2.22. The van der Waals surface area contributed by atoms with Crippen LogP contribution in [0.2, 0.25) is 0 Å². The maximum Gasteiger partial charge on any atom is 0.449 e. The third-order valence-corrected chi connectivity index (χ3v) is 11.8. The van der Waals surface area contributed by atoms with Crippen molar-refractivity contribution in [3.63, 3.8) is 0 Å². The minimum absolute atomic E-state index is 0.0906. The number of hydrogen-bond donors (Lipinski definition) is 1. The molecule has 2 rings (SSSR count). The summed E-state index contributed by atoms with van der Waals surface area (Å²) in [6.45, 7) is 5.87. The molecule has 5 nitrogen and oxygen atoms in total. The van der Waals surface area contributed by atoms with E-state index in [4.69, 9.17) is 14.6 Å². The molecule has 1 N–H and O–H groups in total. The number of rotatable bonds is 36. The molecule has 0 fully saturated rings. The Kier molecular flexibility index (Phi) is 33.9. The van der Waals surface area contributed by atoms with E-state index in [-0.39, 0.29) is 12.8 Å². The molecule has 0 unspecified atom stereocenters. The molecule has 2 aromatic rings. The number of aliphatic carboxylic acids is 1. The third-order valence-electron chi connectivity index (χ3n) is 9.71. The van der Waals surface area contributed by atoms with Crippen LogP contribution in [0, 0.1) is 0 Å². The number of hydrogen-bond acceptors (Lipinski definition) is 6. The predicted molar refractivity (Wildman–Crippen MR) is 238 cm³/mol. The number of Topliss-reactive ketones (excluding diaryl/α,β-unsaturated/α-hetero) is 1. The number of ketones is 1. The van der Waals surface area contributed by atoms with Gasteiger partial charge in [0, 0.05) is 24.3 Å². The van der Waals surface area contributed by atoms with Crippen LogP contribution in [-0.4, -0.2) is 59.3 Å². The van der Waals surface area contributed by atoms with Crippen molar-refractivity contribution in [2.75, 3.05) is 36.2 Å². The summed E-state index contributed by atoms with van der Waals surface area (Å²) in [6.07, 6.45) is 23.0. The van der Waals surface area contributed by atoms with E-state index in [0.29, 0.717) is 24.3 Å². The largest absolute Gasteiger partial charge is 0.493 e. The zero-order valence-corrected chi connectivity index (χ0v) is 37.0. The number of carbonyl (C=O) groups excluding carboxylic acids is 1. The second-order valence-electron chi connectivity index (χ2n) is 14.9. The van der Waals surface area contributed by atoms with Gasteiger partial charge in [-0.3, -0.25) is 9.59 Å². The first-order valence-corrected chi connectivity index (χ1v) is 24.4. The molecule has 10 heteroatoms. The highest BCUT2D eigenvalue weighted by molar-refractivity contribution is 7.99. The van der Waals surface area contributed by atoms with Crippen LogP contribution in [0.25, 0.3) is 0 Å². The topological polar surface area (TPSA) is 72.8 Å². The summed E-state index contributed by atoms with van der Waals surface area (Å²) >= 11 is 3.87. The van der Waals surface area contributed by atoms with Gasteiger partial charge in [0.25, 0.3) is 0 Å². The first-order chi connectivity index (χ1) is 27.7. The van der Waals surface area contributed by atoms with Crippen molar-refractivity contribution in [1.82, 2.24) is 0 Å². The van der Waals surface area contributed by atoms with E-state index in [9.17, 15) is 22.8 Å². The van der Waals surface area contributed by atoms with Gasteiger partial charge in [0.1, 0.15) is 11.5 Å². The molecule has 0 aliphatic rings. The summed E-state index contributed by atoms with van der Waals surface area (Å²) in [6, 6.07) is 14.7. The second kappa shape index (κ2) is 36.7. The van der Waals surface area contributed by atoms with Crippen molar-refractivity contribution in [3.8, 4) is 11.5 Å². The van der Waals surface area contributed by atoms with E-state index in [1.165, 1.54) is 134 Å². The van der Waals surface area contributed by atoms with Gasteiger partial charge in [0.05, 0.1) is 13.2 Å². The van der Waals surface area contributed by atoms with Crippen LogP contribution < -0.4 is 9.47 Å². The smallest absolute Gasteiger partial charge is 0.449 e. The molecule has 0 heterocycles. The first kappa shape index (κ1) is 52.7. The average Bonchev–Trinajstić information content (AvgIpc) is 3.20. The van der Waals surface area contributed by atoms with Crippen molar-refractivity contribution in [3.05, 3.63) is 59.7 Å². The monoisotopic (exact) mass is 841 g/mol. The van der Waals surface area contributed by atoms with Crippen LogP contribution in [0.4, 0.5) is 13.2 Å². The SMILES string of the molecule is CCCCCCCCCCCCSCCOc1ccc(CCC(=O)C(F)(F)F)cc1.CCCCCCCCCCCCSCCOc1ccc(CCC(=O)O)cc1. The zero-order valence-electron chi connectivity index (χ0n) is 35.4. The maximum absolute atomic E-state index is 12.2. The summed E-state index contributed by atoms with van der Waals surface area (Å²) in [5, 5.41) is 8.70. The van der Waals surface area contributed by atoms with Gasteiger partial charge in [0.2, 0.25) is 5.78 Å². The van der Waals surface area contributed by atoms with Crippen LogP contribution in [0.3, 0.4) is 0 Å². The van der Waals surface area contributed by atoms with Crippen molar-refractivity contribution in [2.45, 2.75) is 174 Å². The van der Waals surface area contributed by atoms with Crippen LogP contribution in [0.15, 0.2) is 48.5 Å². The fourth-order valence-corrected chi connectivity index (χ4v) is 7.81. The molecule has 0 radical (unpaired) electrons. The molecule has 0 aromatic heterocycles. The van der Waals surface area contributed by atoms with Crippen LogP contribution in [0.5, 0.6) is 11.5 Å². The molecule has 0 spiro atoms. The zero-order chi connectivity index (χ0) is 41.7. The number of aryl methyl sites for hydroxylation is 2. The maximum atomic E-state index is 12.2. The summed E-state index contributed by atoms with van der Waals surface area (Å²) in [5.41, 5.74) is 1.75. The summed E-state index contributed by atoms with van der Waals surface area (Å²) in [7, 11) is 0. The summed E-state index contributed by atoms with van der Waals surface area (Å²) in [4.78, 5) is 21.5. The molecule has 0 aliphatic carbocycles. The number of carboxylic acid groups (broad SMARTS) is 1. The van der Waals surface area contributed by atoms with E-state index in [2.05, 4.69) is 13.8 Å². The fraction of sp³-hybridized carbons (Fsp3) is 0.702. The Morgan fingerprint density at radius 2 is 0.842 bits per heavy atom. The van der Waals surface area contributed by atoms with Crippen LogP contribution in [-0.2, 0) is 22.4 Å². The highest BCUT2D eigenvalue weighted by Crippen LogP contribution is 2.21. The van der Waals surface area contributed by atoms with Crippen LogP contribution in [0.1, 0.15) is 166 Å². The van der Waals surface area contributed by atoms with Crippen molar-refractivity contribution in [1.29, 1.82) is 0 Å². The molecule has 0 atom stereocenters. The van der Waals surface area contributed by atoms with Crippen LogP contribution >= 0.6 is 23.5 Å². The number of alkyl halides is 3. The van der Waals surface area contributed by atoms with Gasteiger partial charge in [0.15, 0.2) is 0 Å². The van der Waals surface area contributed by atoms with Gasteiger partial charge in [-0.15, -0.1) is 0 Å². The summed E-state index contributed by atoms with van der Waals surface area (Å²) < 4.78 is 48.1. The Morgan fingerprint density at radius 3 is 1.18 bits per heavy atom. The van der Waals surface area contributed by atoms with Gasteiger partial charge in [-0.05, 0) is 72.6 Å². The fourth-order valence-electron chi connectivity index (χ4n) is 6.18. The van der Waals surface area contributed by atoms with Crippen molar-refractivity contribution in [2.24, 2.45) is 0 Å². The van der Waals surface area contributed by atoms with Gasteiger partial charge >= 0.3 is 12.1 Å². The lowest BCUT2D eigenvalue weighted by atomic mass is 10.1. The van der Waals surface area contributed by atoms with E-state index < -0.39 is 24.3 Å². The number of benzene rings is 2. The Balaban J connectivity index is 0.000000573.